The minimum atomic E-state index is -0.540. The zero-order valence-corrected chi connectivity index (χ0v) is 9.14. The van der Waals surface area contributed by atoms with Crippen LogP contribution in [-0.4, -0.2) is 11.7 Å². The first kappa shape index (κ1) is 9.93. The van der Waals surface area contributed by atoms with E-state index in [1.54, 1.807) is 6.07 Å². The van der Waals surface area contributed by atoms with E-state index >= 15 is 0 Å². The smallest absolute Gasteiger partial charge is 0.169 e. The molecule has 0 bridgehead atoms. The molecule has 0 amide bonds. The fourth-order valence-electron chi connectivity index (χ4n) is 1.73. The molecule has 0 unspecified atom stereocenters. The largest absolute Gasteiger partial charge is 0.505 e. The van der Waals surface area contributed by atoms with Gasteiger partial charge in [-0.05, 0) is 25.0 Å². The van der Waals surface area contributed by atoms with Crippen LogP contribution < -0.4 is 5.73 Å². The van der Waals surface area contributed by atoms with E-state index in [1.165, 1.54) is 6.07 Å². The number of hydrogen-bond acceptors (Lipinski definition) is 2. The number of aromatic hydroxyl groups is 1. The maximum atomic E-state index is 13.6. The molecule has 2 nitrogen and oxygen atoms in total. The third kappa shape index (κ3) is 1.33. The minimum Gasteiger partial charge on any atom is -0.505 e. The highest BCUT2D eigenvalue weighted by Gasteiger charge is 2.46. The second kappa shape index (κ2) is 3.21. The van der Waals surface area contributed by atoms with E-state index in [2.05, 4.69) is 15.9 Å². The number of benzene rings is 1. The Morgan fingerprint density at radius 2 is 2.14 bits per heavy atom. The Morgan fingerprint density at radius 3 is 2.64 bits per heavy atom. The van der Waals surface area contributed by atoms with Gasteiger partial charge in [0.1, 0.15) is 0 Å². The lowest BCUT2D eigenvalue weighted by molar-refractivity contribution is 0.423. The Balaban J connectivity index is 2.57. The minimum absolute atomic E-state index is 0.248. The van der Waals surface area contributed by atoms with Crippen LogP contribution in [0.5, 0.6) is 5.75 Å². The molecule has 0 saturated heterocycles. The maximum absolute atomic E-state index is 13.6. The molecule has 1 aromatic rings. The molecule has 0 aromatic heterocycles. The van der Waals surface area contributed by atoms with Gasteiger partial charge in [0.2, 0.25) is 0 Å². The fourth-order valence-corrected chi connectivity index (χ4v) is 2.46. The summed E-state index contributed by atoms with van der Waals surface area (Å²) in [5.74, 6) is -0.842. The van der Waals surface area contributed by atoms with Crippen molar-refractivity contribution in [2.75, 3.05) is 6.54 Å². The Bertz CT molecular complexity index is 377. The van der Waals surface area contributed by atoms with Crippen molar-refractivity contribution in [2.45, 2.75) is 18.3 Å². The molecule has 0 heterocycles. The maximum Gasteiger partial charge on any atom is 0.169 e. The lowest BCUT2D eigenvalue weighted by Crippen LogP contribution is -2.21. The summed E-state index contributed by atoms with van der Waals surface area (Å²) in [4.78, 5) is 0. The fraction of sp³-hybridized carbons (Fsp3) is 0.400. The predicted molar refractivity (Wildman–Crippen MR) is 55.7 cm³/mol. The normalized spacial score (nSPS) is 18.2. The van der Waals surface area contributed by atoms with Crippen LogP contribution in [0, 0.1) is 5.82 Å². The molecule has 0 aliphatic heterocycles. The molecule has 2 rings (SSSR count). The standard InChI is InChI=1S/C10H11BrFNO/c11-6-1-2-7(14)9(12)8(6)10(5-13)3-4-10/h1-2,14H,3-5,13H2. The van der Waals surface area contributed by atoms with Crippen molar-refractivity contribution in [3.63, 3.8) is 0 Å². The SMILES string of the molecule is NCC1(c2c(Br)ccc(O)c2F)CC1. The molecule has 1 aliphatic rings. The van der Waals surface area contributed by atoms with Crippen molar-refractivity contribution in [3.05, 3.63) is 28.0 Å². The Labute approximate surface area is 90.1 Å². The summed E-state index contributed by atoms with van der Waals surface area (Å²) in [5, 5.41) is 9.27. The van der Waals surface area contributed by atoms with E-state index < -0.39 is 5.82 Å². The van der Waals surface area contributed by atoms with E-state index in [1.807, 2.05) is 0 Å². The highest BCUT2D eigenvalue weighted by Crippen LogP contribution is 2.51. The Hall–Kier alpha value is -0.610. The molecule has 0 radical (unpaired) electrons. The average Bonchev–Trinajstić information content (AvgIpc) is 2.93. The highest BCUT2D eigenvalue weighted by molar-refractivity contribution is 9.10. The van der Waals surface area contributed by atoms with Crippen molar-refractivity contribution in [3.8, 4) is 5.75 Å². The number of hydrogen-bond donors (Lipinski definition) is 2. The van der Waals surface area contributed by atoms with Crippen LogP contribution >= 0.6 is 15.9 Å². The summed E-state index contributed by atoms with van der Waals surface area (Å²) >= 11 is 3.29. The van der Waals surface area contributed by atoms with Crippen molar-refractivity contribution in [1.82, 2.24) is 0 Å². The van der Waals surface area contributed by atoms with Crippen LogP contribution in [0.4, 0.5) is 4.39 Å². The first-order valence-electron chi connectivity index (χ1n) is 4.48. The predicted octanol–water partition coefficient (Wildman–Crippen LogP) is 2.28. The first-order chi connectivity index (χ1) is 6.60. The Morgan fingerprint density at radius 1 is 1.50 bits per heavy atom. The number of phenolic OH excluding ortho intramolecular Hbond substituents is 1. The third-order valence-corrected chi connectivity index (χ3v) is 3.51. The molecule has 14 heavy (non-hydrogen) atoms. The molecule has 0 atom stereocenters. The van der Waals surface area contributed by atoms with Gasteiger partial charge in [0.25, 0.3) is 0 Å². The van der Waals surface area contributed by atoms with Crippen LogP contribution in [0.15, 0.2) is 16.6 Å². The van der Waals surface area contributed by atoms with Crippen molar-refractivity contribution >= 4 is 15.9 Å². The quantitative estimate of drug-likeness (QED) is 0.856. The first-order valence-corrected chi connectivity index (χ1v) is 5.27. The average molecular weight is 260 g/mol. The molecule has 1 aromatic carbocycles. The molecular formula is C10H11BrFNO. The van der Waals surface area contributed by atoms with Crippen molar-refractivity contribution in [1.29, 1.82) is 0 Å². The van der Waals surface area contributed by atoms with Gasteiger partial charge in [0.05, 0.1) is 0 Å². The molecule has 76 valence electrons. The van der Waals surface area contributed by atoms with Crippen molar-refractivity contribution < 1.29 is 9.50 Å². The molecule has 1 aliphatic carbocycles. The molecule has 1 fully saturated rings. The zero-order chi connectivity index (χ0) is 10.3. The number of halogens is 2. The summed E-state index contributed by atoms with van der Waals surface area (Å²) in [5.41, 5.74) is 5.90. The van der Waals surface area contributed by atoms with Crippen LogP contribution in [0.1, 0.15) is 18.4 Å². The van der Waals surface area contributed by atoms with Gasteiger partial charge in [-0.25, -0.2) is 4.39 Å². The van der Waals surface area contributed by atoms with Crippen LogP contribution in [0.25, 0.3) is 0 Å². The van der Waals surface area contributed by atoms with E-state index in [0.717, 1.165) is 12.8 Å². The monoisotopic (exact) mass is 259 g/mol. The summed E-state index contributed by atoms with van der Waals surface area (Å²) < 4.78 is 14.3. The summed E-state index contributed by atoms with van der Waals surface area (Å²) in [6, 6.07) is 3.00. The number of rotatable bonds is 2. The van der Waals surface area contributed by atoms with Gasteiger partial charge in [-0.1, -0.05) is 15.9 Å². The Kier molecular flexibility index (Phi) is 2.27. The van der Waals surface area contributed by atoms with Gasteiger partial charge in [-0.15, -0.1) is 0 Å². The van der Waals surface area contributed by atoms with Crippen LogP contribution in [0.3, 0.4) is 0 Å². The lowest BCUT2D eigenvalue weighted by Gasteiger charge is -2.16. The van der Waals surface area contributed by atoms with E-state index in [-0.39, 0.29) is 11.2 Å². The van der Waals surface area contributed by atoms with Crippen LogP contribution in [-0.2, 0) is 5.41 Å². The molecular weight excluding hydrogens is 249 g/mol. The van der Waals surface area contributed by atoms with E-state index in [0.29, 0.717) is 16.6 Å². The molecule has 4 heteroatoms. The zero-order valence-electron chi connectivity index (χ0n) is 7.56. The second-order valence-electron chi connectivity index (χ2n) is 3.74. The second-order valence-corrected chi connectivity index (χ2v) is 4.59. The topological polar surface area (TPSA) is 46.2 Å². The number of phenols is 1. The van der Waals surface area contributed by atoms with Gasteiger partial charge in [-0.3, -0.25) is 0 Å². The lowest BCUT2D eigenvalue weighted by atomic mass is 9.95. The molecule has 3 N–H and O–H groups in total. The van der Waals surface area contributed by atoms with E-state index in [9.17, 15) is 9.50 Å². The third-order valence-electron chi connectivity index (χ3n) is 2.85. The van der Waals surface area contributed by atoms with Gasteiger partial charge >= 0.3 is 0 Å². The molecule has 1 saturated carbocycles. The molecule has 0 spiro atoms. The van der Waals surface area contributed by atoms with Gasteiger partial charge < -0.3 is 10.8 Å². The highest BCUT2D eigenvalue weighted by atomic mass is 79.9. The number of nitrogens with two attached hydrogens (primary N) is 1. The van der Waals surface area contributed by atoms with Crippen molar-refractivity contribution in [2.24, 2.45) is 5.73 Å². The summed E-state index contributed by atoms with van der Waals surface area (Å²) in [7, 11) is 0. The van der Waals surface area contributed by atoms with Gasteiger partial charge in [0, 0.05) is 22.0 Å². The summed E-state index contributed by atoms with van der Waals surface area (Å²) in [6.07, 6.45) is 1.78. The van der Waals surface area contributed by atoms with E-state index in [4.69, 9.17) is 5.73 Å². The van der Waals surface area contributed by atoms with Crippen LogP contribution in [0.2, 0.25) is 0 Å². The van der Waals surface area contributed by atoms with Gasteiger partial charge in [-0.2, -0.15) is 0 Å². The van der Waals surface area contributed by atoms with Gasteiger partial charge in [0.15, 0.2) is 11.6 Å². The summed E-state index contributed by atoms with van der Waals surface area (Å²) in [6.45, 7) is 0.423.